The first-order valence-corrected chi connectivity index (χ1v) is 5.19. The second-order valence-corrected chi connectivity index (χ2v) is 3.57. The van der Waals surface area contributed by atoms with Crippen molar-refractivity contribution < 1.29 is 9.53 Å². The fourth-order valence-electron chi connectivity index (χ4n) is 1.20. The van der Waals surface area contributed by atoms with Crippen LogP contribution in [-0.2, 0) is 9.53 Å². The monoisotopic (exact) mass is 202 g/mol. The zero-order valence-electron chi connectivity index (χ0n) is 9.38. The summed E-state index contributed by atoms with van der Waals surface area (Å²) >= 11 is 0. The summed E-state index contributed by atoms with van der Waals surface area (Å²) in [5, 5.41) is 2.81. The first-order valence-electron chi connectivity index (χ1n) is 5.19. The third kappa shape index (κ3) is 5.19. The highest BCUT2D eigenvalue weighted by Crippen LogP contribution is 2.08. The Bertz CT molecular complexity index is 160. The van der Waals surface area contributed by atoms with Crippen LogP contribution in [0.2, 0.25) is 0 Å². The lowest BCUT2D eigenvalue weighted by Gasteiger charge is -2.18. The summed E-state index contributed by atoms with van der Waals surface area (Å²) in [6, 6.07) is 0. The molecule has 0 bridgehead atoms. The number of hydrogen-bond acceptors (Lipinski definition) is 3. The Hall–Kier alpha value is -0.610. The van der Waals surface area contributed by atoms with Gasteiger partial charge in [-0.3, -0.25) is 4.79 Å². The molecule has 1 atom stereocenters. The molecule has 14 heavy (non-hydrogen) atoms. The molecule has 0 heterocycles. The molecule has 0 aliphatic heterocycles. The molecular formula is C10H22N2O2. The third-order valence-electron chi connectivity index (χ3n) is 2.15. The number of ether oxygens (including phenoxy) is 1. The normalized spacial score (nSPS) is 12.9. The van der Waals surface area contributed by atoms with E-state index in [2.05, 4.69) is 5.32 Å². The van der Waals surface area contributed by atoms with Crippen molar-refractivity contribution in [1.82, 2.24) is 5.32 Å². The van der Waals surface area contributed by atoms with E-state index < -0.39 is 0 Å². The fourth-order valence-corrected chi connectivity index (χ4v) is 1.20. The van der Waals surface area contributed by atoms with Gasteiger partial charge in [-0.1, -0.05) is 13.8 Å². The lowest BCUT2D eigenvalue weighted by molar-refractivity contribution is -0.126. The van der Waals surface area contributed by atoms with Gasteiger partial charge in [-0.15, -0.1) is 0 Å². The molecule has 0 saturated carbocycles. The van der Waals surface area contributed by atoms with Crippen molar-refractivity contribution in [1.29, 1.82) is 0 Å². The van der Waals surface area contributed by atoms with Gasteiger partial charge < -0.3 is 15.8 Å². The molecule has 1 amide bonds. The Labute approximate surface area is 86.2 Å². The van der Waals surface area contributed by atoms with E-state index in [-0.39, 0.29) is 17.7 Å². The zero-order valence-corrected chi connectivity index (χ0v) is 9.38. The van der Waals surface area contributed by atoms with Gasteiger partial charge in [0.25, 0.3) is 0 Å². The maximum Gasteiger partial charge on any atom is 0.224 e. The summed E-state index contributed by atoms with van der Waals surface area (Å²) in [5.41, 5.74) is 5.51. The number of nitrogens with two attached hydrogens (primary N) is 1. The minimum Gasteiger partial charge on any atom is -0.380 e. The Morgan fingerprint density at radius 2 is 2.14 bits per heavy atom. The summed E-state index contributed by atoms with van der Waals surface area (Å²) in [6.45, 7) is 8.14. The largest absolute Gasteiger partial charge is 0.380 e. The van der Waals surface area contributed by atoms with E-state index >= 15 is 0 Å². The molecule has 0 aliphatic rings. The average Bonchev–Trinajstić information content (AvgIpc) is 2.13. The first-order chi connectivity index (χ1) is 6.63. The van der Waals surface area contributed by atoms with Crippen LogP contribution >= 0.6 is 0 Å². The van der Waals surface area contributed by atoms with Crippen LogP contribution in [0.3, 0.4) is 0 Å². The van der Waals surface area contributed by atoms with Crippen LogP contribution in [0.5, 0.6) is 0 Å². The maximum atomic E-state index is 11.5. The lowest BCUT2D eigenvalue weighted by Crippen LogP contribution is -2.39. The van der Waals surface area contributed by atoms with E-state index in [1.807, 2.05) is 20.8 Å². The molecule has 4 heteroatoms. The lowest BCUT2D eigenvalue weighted by atomic mass is 9.95. The van der Waals surface area contributed by atoms with E-state index in [1.165, 1.54) is 0 Å². The summed E-state index contributed by atoms with van der Waals surface area (Å²) in [6.07, 6.45) is 0. The summed E-state index contributed by atoms with van der Waals surface area (Å²) in [5.74, 6) is 0.228. The predicted octanol–water partition coefficient (Wildman–Crippen LogP) is 0.370. The number of carbonyl (C=O) groups excluding carboxylic acids is 1. The second kappa shape index (κ2) is 7.76. The van der Waals surface area contributed by atoms with E-state index in [0.29, 0.717) is 26.3 Å². The molecule has 0 fully saturated rings. The van der Waals surface area contributed by atoms with Crippen LogP contribution in [-0.4, -0.2) is 32.2 Å². The fraction of sp³-hybridized carbons (Fsp3) is 0.900. The van der Waals surface area contributed by atoms with E-state index in [9.17, 15) is 4.79 Å². The number of rotatable bonds is 7. The number of amides is 1. The van der Waals surface area contributed by atoms with Gasteiger partial charge in [-0.2, -0.15) is 0 Å². The number of carbonyl (C=O) groups is 1. The van der Waals surface area contributed by atoms with Crippen LogP contribution in [0.4, 0.5) is 0 Å². The zero-order chi connectivity index (χ0) is 11.0. The summed E-state index contributed by atoms with van der Waals surface area (Å²) < 4.78 is 5.11. The van der Waals surface area contributed by atoms with Crippen molar-refractivity contribution in [2.45, 2.75) is 20.8 Å². The molecule has 4 nitrogen and oxygen atoms in total. The van der Waals surface area contributed by atoms with Gasteiger partial charge in [0.15, 0.2) is 0 Å². The molecule has 0 rings (SSSR count). The minimum absolute atomic E-state index is 0.0298. The highest BCUT2D eigenvalue weighted by molar-refractivity contribution is 5.79. The minimum atomic E-state index is -0.0865. The Kier molecular flexibility index (Phi) is 7.42. The van der Waals surface area contributed by atoms with Crippen molar-refractivity contribution in [2.75, 3.05) is 26.3 Å². The summed E-state index contributed by atoms with van der Waals surface area (Å²) in [7, 11) is 0. The van der Waals surface area contributed by atoms with Gasteiger partial charge >= 0.3 is 0 Å². The van der Waals surface area contributed by atoms with Crippen LogP contribution in [0, 0.1) is 11.8 Å². The van der Waals surface area contributed by atoms with Crippen LogP contribution in [0.25, 0.3) is 0 Å². The van der Waals surface area contributed by atoms with Crippen molar-refractivity contribution in [3.63, 3.8) is 0 Å². The van der Waals surface area contributed by atoms with Crippen molar-refractivity contribution in [3.8, 4) is 0 Å². The third-order valence-corrected chi connectivity index (χ3v) is 2.15. The van der Waals surface area contributed by atoms with Crippen LogP contribution < -0.4 is 11.1 Å². The van der Waals surface area contributed by atoms with E-state index in [1.54, 1.807) is 0 Å². The van der Waals surface area contributed by atoms with Crippen molar-refractivity contribution in [2.24, 2.45) is 17.6 Å². The second-order valence-electron chi connectivity index (χ2n) is 3.57. The molecule has 0 aromatic rings. The topological polar surface area (TPSA) is 64.3 Å². The highest BCUT2D eigenvalue weighted by atomic mass is 16.5. The van der Waals surface area contributed by atoms with Crippen LogP contribution in [0.15, 0.2) is 0 Å². The van der Waals surface area contributed by atoms with Gasteiger partial charge in [-0.25, -0.2) is 0 Å². The predicted molar refractivity (Wildman–Crippen MR) is 56.9 cm³/mol. The molecule has 84 valence electrons. The molecule has 0 aromatic heterocycles. The quantitative estimate of drug-likeness (QED) is 0.586. The van der Waals surface area contributed by atoms with Crippen molar-refractivity contribution >= 4 is 5.91 Å². The molecule has 0 radical (unpaired) electrons. The molecule has 0 spiro atoms. The van der Waals surface area contributed by atoms with E-state index in [0.717, 1.165) is 0 Å². The van der Waals surface area contributed by atoms with E-state index in [4.69, 9.17) is 10.5 Å². The molecule has 0 aliphatic carbocycles. The van der Waals surface area contributed by atoms with Gasteiger partial charge in [-0.05, 0) is 12.8 Å². The van der Waals surface area contributed by atoms with Gasteiger partial charge in [0.05, 0.1) is 12.5 Å². The average molecular weight is 202 g/mol. The Morgan fingerprint density at radius 3 is 2.57 bits per heavy atom. The molecule has 0 saturated heterocycles. The Balaban J connectivity index is 3.70. The molecule has 1 unspecified atom stereocenters. The molecular weight excluding hydrogens is 180 g/mol. The van der Waals surface area contributed by atoms with Gasteiger partial charge in [0.2, 0.25) is 5.91 Å². The van der Waals surface area contributed by atoms with Crippen molar-refractivity contribution in [3.05, 3.63) is 0 Å². The summed E-state index contributed by atoms with van der Waals surface area (Å²) in [4.78, 5) is 11.5. The van der Waals surface area contributed by atoms with Crippen LogP contribution in [0.1, 0.15) is 20.8 Å². The molecule has 0 aromatic carbocycles. The Morgan fingerprint density at radius 1 is 1.50 bits per heavy atom. The standard InChI is InChI=1S/C10H22N2O2/c1-4-14-6-5-12-10(13)9(7-11)8(2)3/h8-9H,4-7,11H2,1-3H3,(H,12,13). The number of hydrogen-bond donors (Lipinski definition) is 2. The van der Waals surface area contributed by atoms with Gasteiger partial charge in [0, 0.05) is 19.7 Å². The first kappa shape index (κ1) is 13.4. The number of nitrogens with one attached hydrogen (secondary N) is 1. The molecule has 3 N–H and O–H groups in total. The smallest absolute Gasteiger partial charge is 0.224 e. The maximum absolute atomic E-state index is 11.5. The highest BCUT2D eigenvalue weighted by Gasteiger charge is 2.19. The SMILES string of the molecule is CCOCCNC(=O)C(CN)C(C)C. The van der Waals surface area contributed by atoms with Gasteiger partial charge in [0.1, 0.15) is 0 Å².